The van der Waals surface area contributed by atoms with Gasteiger partial charge in [0.15, 0.2) is 0 Å². The van der Waals surface area contributed by atoms with Crippen molar-refractivity contribution in [3.63, 3.8) is 0 Å². The number of ether oxygens (including phenoxy) is 2. The van der Waals surface area contributed by atoms with Crippen LogP contribution in [-0.4, -0.2) is 38.8 Å². The van der Waals surface area contributed by atoms with Crippen LogP contribution in [0.4, 0.5) is 0 Å². The van der Waals surface area contributed by atoms with E-state index in [1.165, 1.54) is 12.8 Å². The number of hydrogen-bond donors (Lipinski definition) is 1. The zero-order valence-electron chi connectivity index (χ0n) is 13.7. The average Bonchev–Trinajstić information content (AvgIpc) is 2.47. The highest BCUT2D eigenvalue weighted by molar-refractivity contribution is 5.42. The van der Waals surface area contributed by atoms with Gasteiger partial charge in [-0.15, -0.1) is 0 Å². The number of nitrogens with two attached hydrogens (primary N) is 1. The fraction of sp³-hybridized carbons (Fsp3) is 0.647. The molecule has 1 unspecified atom stereocenters. The summed E-state index contributed by atoms with van der Waals surface area (Å²) in [5.41, 5.74) is 7.59. The summed E-state index contributed by atoms with van der Waals surface area (Å²) >= 11 is 0. The molecule has 4 heteroatoms. The van der Waals surface area contributed by atoms with Crippen LogP contribution in [0.15, 0.2) is 18.2 Å². The first-order valence-electron chi connectivity index (χ1n) is 7.67. The maximum Gasteiger partial charge on any atom is 0.127 e. The molecule has 118 valence electrons. The third-order valence-corrected chi connectivity index (χ3v) is 4.39. The summed E-state index contributed by atoms with van der Waals surface area (Å²) in [6, 6.07) is 6.20. The highest BCUT2D eigenvalue weighted by Gasteiger charge is 2.31. The standard InChI is InChI=1S/C17H28N2O2/c1-17(2)8-5-9-19(12-17)15(11-18)14-7-6-13(20-3)10-16(14)21-4/h6-7,10,15H,5,8-9,11-12,18H2,1-4H3. The number of piperidine rings is 1. The molecule has 1 atom stereocenters. The molecule has 0 spiro atoms. The Balaban J connectivity index is 2.28. The van der Waals surface area contributed by atoms with Gasteiger partial charge in [-0.1, -0.05) is 19.9 Å². The Kier molecular flexibility index (Phi) is 5.12. The second-order valence-electron chi connectivity index (χ2n) is 6.60. The molecule has 0 aliphatic carbocycles. The van der Waals surface area contributed by atoms with Crippen LogP contribution in [0.2, 0.25) is 0 Å². The highest BCUT2D eigenvalue weighted by Crippen LogP contribution is 2.37. The minimum atomic E-state index is 0.199. The third-order valence-electron chi connectivity index (χ3n) is 4.39. The van der Waals surface area contributed by atoms with Crippen molar-refractivity contribution in [3.8, 4) is 11.5 Å². The van der Waals surface area contributed by atoms with E-state index >= 15 is 0 Å². The van der Waals surface area contributed by atoms with Gasteiger partial charge >= 0.3 is 0 Å². The van der Waals surface area contributed by atoms with Crippen LogP contribution in [0.25, 0.3) is 0 Å². The van der Waals surface area contributed by atoms with Gasteiger partial charge in [-0.05, 0) is 30.9 Å². The van der Waals surface area contributed by atoms with E-state index in [-0.39, 0.29) is 6.04 Å². The first kappa shape index (κ1) is 16.1. The molecule has 1 aromatic rings. The molecule has 1 aromatic carbocycles. The summed E-state index contributed by atoms with van der Waals surface area (Å²) in [4.78, 5) is 2.49. The lowest BCUT2D eigenvalue weighted by Crippen LogP contribution is -2.44. The van der Waals surface area contributed by atoms with E-state index in [0.717, 1.165) is 30.2 Å². The lowest BCUT2D eigenvalue weighted by Gasteiger charge is -2.42. The second kappa shape index (κ2) is 6.67. The van der Waals surface area contributed by atoms with Crippen molar-refractivity contribution < 1.29 is 9.47 Å². The molecule has 2 N–H and O–H groups in total. The Labute approximate surface area is 128 Å². The summed E-state index contributed by atoms with van der Waals surface area (Å²) in [6.07, 6.45) is 2.50. The molecule has 1 saturated heterocycles. The van der Waals surface area contributed by atoms with Gasteiger partial charge in [0.1, 0.15) is 11.5 Å². The first-order valence-corrected chi connectivity index (χ1v) is 7.67. The molecule has 2 rings (SSSR count). The molecule has 21 heavy (non-hydrogen) atoms. The maximum absolute atomic E-state index is 6.09. The summed E-state index contributed by atoms with van der Waals surface area (Å²) in [5.74, 6) is 1.67. The van der Waals surface area contributed by atoms with Gasteiger partial charge in [0.2, 0.25) is 0 Å². The highest BCUT2D eigenvalue weighted by atomic mass is 16.5. The molecule has 0 saturated carbocycles. The molecule has 4 nitrogen and oxygen atoms in total. The smallest absolute Gasteiger partial charge is 0.127 e. The van der Waals surface area contributed by atoms with Crippen molar-refractivity contribution in [3.05, 3.63) is 23.8 Å². The van der Waals surface area contributed by atoms with Crippen molar-refractivity contribution in [2.75, 3.05) is 33.9 Å². The minimum absolute atomic E-state index is 0.199. The molecule has 1 aliphatic rings. The largest absolute Gasteiger partial charge is 0.497 e. The van der Waals surface area contributed by atoms with E-state index in [2.05, 4.69) is 24.8 Å². The number of hydrogen-bond acceptors (Lipinski definition) is 4. The summed E-state index contributed by atoms with van der Waals surface area (Å²) in [6.45, 7) is 7.43. The number of methoxy groups -OCH3 is 2. The van der Waals surface area contributed by atoms with Gasteiger partial charge < -0.3 is 15.2 Å². The lowest BCUT2D eigenvalue weighted by molar-refractivity contribution is 0.0796. The Hall–Kier alpha value is -1.26. The summed E-state index contributed by atoms with van der Waals surface area (Å²) in [5, 5.41) is 0. The number of benzene rings is 1. The van der Waals surface area contributed by atoms with Crippen LogP contribution in [-0.2, 0) is 0 Å². The molecular formula is C17H28N2O2. The molecule has 1 heterocycles. The van der Waals surface area contributed by atoms with E-state index in [4.69, 9.17) is 15.2 Å². The number of rotatable bonds is 5. The Bertz CT molecular complexity index is 474. The predicted molar refractivity (Wildman–Crippen MR) is 85.9 cm³/mol. The predicted octanol–water partition coefficient (Wildman–Crippen LogP) is 2.83. The summed E-state index contributed by atoms with van der Waals surface area (Å²) in [7, 11) is 3.37. The Morgan fingerprint density at radius 3 is 2.62 bits per heavy atom. The quantitative estimate of drug-likeness (QED) is 0.906. The molecule has 1 aliphatic heterocycles. The van der Waals surface area contributed by atoms with Crippen LogP contribution in [0, 0.1) is 5.41 Å². The molecule has 1 fully saturated rings. The van der Waals surface area contributed by atoms with Crippen LogP contribution in [0.1, 0.15) is 38.3 Å². The van der Waals surface area contributed by atoms with Crippen LogP contribution in [0.3, 0.4) is 0 Å². The van der Waals surface area contributed by atoms with Gasteiger partial charge in [-0.25, -0.2) is 0 Å². The summed E-state index contributed by atoms with van der Waals surface area (Å²) < 4.78 is 10.8. The fourth-order valence-corrected chi connectivity index (χ4v) is 3.30. The normalized spacial score (nSPS) is 20.0. The zero-order valence-corrected chi connectivity index (χ0v) is 13.7. The molecular weight excluding hydrogens is 264 g/mol. The monoisotopic (exact) mass is 292 g/mol. The number of likely N-dealkylation sites (tertiary alicyclic amines) is 1. The third kappa shape index (κ3) is 3.69. The Morgan fingerprint density at radius 1 is 1.29 bits per heavy atom. The van der Waals surface area contributed by atoms with E-state index in [0.29, 0.717) is 12.0 Å². The van der Waals surface area contributed by atoms with Crippen LogP contribution in [0.5, 0.6) is 11.5 Å². The SMILES string of the molecule is COc1ccc(C(CN)N2CCCC(C)(C)C2)c(OC)c1. The molecule has 0 amide bonds. The molecule has 0 bridgehead atoms. The van der Waals surface area contributed by atoms with E-state index in [1.807, 2.05) is 12.1 Å². The van der Waals surface area contributed by atoms with Gasteiger partial charge in [0, 0.05) is 24.7 Å². The topological polar surface area (TPSA) is 47.7 Å². The van der Waals surface area contributed by atoms with Crippen molar-refractivity contribution in [2.45, 2.75) is 32.7 Å². The average molecular weight is 292 g/mol. The van der Waals surface area contributed by atoms with Gasteiger partial charge in [-0.2, -0.15) is 0 Å². The van der Waals surface area contributed by atoms with Crippen LogP contribution >= 0.6 is 0 Å². The van der Waals surface area contributed by atoms with Gasteiger partial charge in [0.05, 0.1) is 20.3 Å². The lowest BCUT2D eigenvalue weighted by atomic mass is 9.83. The number of nitrogens with zero attached hydrogens (tertiary/aromatic N) is 1. The zero-order chi connectivity index (χ0) is 15.5. The molecule has 0 aromatic heterocycles. The molecule has 0 radical (unpaired) electrons. The minimum Gasteiger partial charge on any atom is -0.497 e. The Morgan fingerprint density at radius 2 is 2.05 bits per heavy atom. The van der Waals surface area contributed by atoms with Gasteiger partial charge in [-0.3, -0.25) is 4.90 Å². The van der Waals surface area contributed by atoms with Gasteiger partial charge in [0.25, 0.3) is 0 Å². The van der Waals surface area contributed by atoms with E-state index < -0.39 is 0 Å². The first-order chi connectivity index (χ1) is 10.0. The van der Waals surface area contributed by atoms with Crippen molar-refractivity contribution in [1.29, 1.82) is 0 Å². The maximum atomic E-state index is 6.09. The van der Waals surface area contributed by atoms with Crippen molar-refractivity contribution in [1.82, 2.24) is 4.90 Å². The van der Waals surface area contributed by atoms with Crippen molar-refractivity contribution >= 4 is 0 Å². The second-order valence-corrected chi connectivity index (χ2v) is 6.60. The van der Waals surface area contributed by atoms with Crippen molar-refractivity contribution in [2.24, 2.45) is 11.1 Å². The fourth-order valence-electron chi connectivity index (χ4n) is 3.30. The van der Waals surface area contributed by atoms with E-state index in [1.54, 1.807) is 14.2 Å². The van der Waals surface area contributed by atoms with Crippen LogP contribution < -0.4 is 15.2 Å². The van der Waals surface area contributed by atoms with E-state index in [9.17, 15) is 0 Å².